The van der Waals surface area contributed by atoms with E-state index in [1.54, 1.807) is 7.11 Å². The van der Waals surface area contributed by atoms with Gasteiger partial charge in [-0.25, -0.2) is 0 Å². The van der Waals surface area contributed by atoms with E-state index in [0.29, 0.717) is 6.10 Å². The summed E-state index contributed by atoms with van der Waals surface area (Å²) in [4.78, 5) is 4.67. The zero-order chi connectivity index (χ0) is 17.0. The zero-order valence-corrected chi connectivity index (χ0v) is 15.2. The molecular formula is C19H30N2O3. The Kier molecular flexibility index (Phi) is 5.76. The van der Waals surface area contributed by atoms with Gasteiger partial charge in [-0.1, -0.05) is 12.1 Å². The van der Waals surface area contributed by atoms with Crippen LogP contribution in [0.2, 0.25) is 0 Å². The lowest BCUT2D eigenvalue weighted by Gasteiger charge is -2.32. The first kappa shape index (κ1) is 17.7. The topological polar surface area (TPSA) is 34.2 Å². The Bertz CT molecular complexity index is 520. The van der Waals surface area contributed by atoms with E-state index in [0.717, 1.165) is 58.0 Å². The van der Waals surface area contributed by atoms with Crippen molar-refractivity contribution in [3.8, 4) is 5.75 Å². The van der Waals surface area contributed by atoms with Crippen LogP contribution in [-0.2, 0) is 16.0 Å². The highest BCUT2D eigenvalue weighted by molar-refractivity contribution is 5.27. The second-order valence-corrected chi connectivity index (χ2v) is 7.34. The predicted molar refractivity (Wildman–Crippen MR) is 94.5 cm³/mol. The molecule has 0 amide bonds. The number of nitrogens with zero attached hydrogens (tertiary/aromatic N) is 2. The fourth-order valence-corrected chi connectivity index (χ4v) is 3.76. The van der Waals surface area contributed by atoms with Crippen LogP contribution >= 0.6 is 0 Å². The molecule has 0 radical (unpaired) electrons. The maximum atomic E-state index is 6.46. The maximum absolute atomic E-state index is 6.46. The molecule has 5 heteroatoms. The third kappa shape index (κ3) is 4.48. The van der Waals surface area contributed by atoms with Gasteiger partial charge in [0, 0.05) is 26.2 Å². The van der Waals surface area contributed by atoms with Crippen LogP contribution in [0.15, 0.2) is 24.3 Å². The average molecular weight is 334 g/mol. The van der Waals surface area contributed by atoms with Gasteiger partial charge in [0.2, 0.25) is 0 Å². The van der Waals surface area contributed by atoms with Crippen LogP contribution < -0.4 is 4.74 Å². The Balaban J connectivity index is 1.62. The molecule has 24 heavy (non-hydrogen) atoms. The molecule has 2 atom stereocenters. The van der Waals surface area contributed by atoms with E-state index in [1.165, 1.54) is 5.56 Å². The van der Waals surface area contributed by atoms with Crippen molar-refractivity contribution in [2.45, 2.75) is 31.1 Å². The summed E-state index contributed by atoms with van der Waals surface area (Å²) in [7, 11) is 5.91. The average Bonchev–Trinajstić information content (AvgIpc) is 2.82. The van der Waals surface area contributed by atoms with E-state index in [4.69, 9.17) is 14.2 Å². The quantitative estimate of drug-likeness (QED) is 0.823. The van der Waals surface area contributed by atoms with E-state index in [1.807, 2.05) is 12.1 Å². The number of rotatable bonds is 5. The molecule has 0 N–H and O–H groups in total. The van der Waals surface area contributed by atoms with Gasteiger partial charge >= 0.3 is 0 Å². The molecule has 0 bridgehead atoms. The van der Waals surface area contributed by atoms with Crippen molar-refractivity contribution in [1.29, 1.82) is 0 Å². The van der Waals surface area contributed by atoms with E-state index >= 15 is 0 Å². The monoisotopic (exact) mass is 334 g/mol. The van der Waals surface area contributed by atoms with Crippen molar-refractivity contribution in [1.82, 2.24) is 9.80 Å². The van der Waals surface area contributed by atoms with Gasteiger partial charge in [-0.05, 0) is 44.6 Å². The van der Waals surface area contributed by atoms with Gasteiger partial charge in [-0.2, -0.15) is 0 Å². The van der Waals surface area contributed by atoms with Crippen molar-refractivity contribution in [3.63, 3.8) is 0 Å². The van der Waals surface area contributed by atoms with Crippen LogP contribution in [0, 0.1) is 0 Å². The second kappa shape index (κ2) is 7.83. The highest BCUT2D eigenvalue weighted by Gasteiger charge is 2.43. The van der Waals surface area contributed by atoms with Gasteiger partial charge < -0.3 is 19.1 Å². The fraction of sp³-hybridized carbons (Fsp3) is 0.684. The third-order valence-corrected chi connectivity index (χ3v) is 4.90. The minimum Gasteiger partial charge on any atom is -0.497 e. The molecule has 2 heterocycles. The summed E-state index contributed by atoms with van der Waals surface area (Å²) in [6.45, 7) is 5.31. The molecule has 2 saturated heterocycles. The predicted octanol–water partition coefficient (Wildman–Crippen LogP) is 2.01. The summed E-state index contributed by atoms with van der Waals surface area (Å²) < 4.78 is 17.6. The first-order valence-corrected chi connectivity index (χ1v) is 8.84. The maximum Gasteiger partial charge on any atom is 0.118 e. The molecule has 134 valence electrons. The third-order valence-electron chi connectivity index (χ3n) is 4.90. The molecule has 2 aliphatic heterocycles. The van der Waals surface area contributed by atoms with Gasteiger partial charge in [-0.15, -0.1) is 0 Å². The summed E-state index contributed by atoms with van der Waals surface area (Å²) >= 11 is 0. The Morgan fingerprint density at radius 3 is 2.79 bits per heavy atom. The molecule has 0 saturated carbocycles. The lowest BCUT2D eigenvalue weighted by atomic mass is 9.99. The van der Waals surface area contributed by atoms with Crippen molar-refractivity contribution in [2.24, 2.45) is 0 Å². The Hall–Kier alpha value is -1.14. The summed E-state index contributed by atoms with van der Waals surface area (Å²) in [5, 5.41) is 0. The molecule has 0 aromatic heterocycles. The smallest absolute Gasteiger partial charge is 0.118 e. The lowest BCUT2D eigenvalue weighted by Crippen LogP contribution is -2.45. The SMILES string of the molecule is COc1ccc(CN2CCOCC3(CCC(CN(C)C)O3)C2)cc1. The van der Waals surface area contributed by atoms with Gasteiger partial charge in [0.1, 0.15) is 11.4 Å². The number of ether oxygens (including phenoxy) is 3. The standard InChI is InChI=1S/C19H30N2O3/c1-20(2)13-18-8-9-19(24-18)14-21(10-11-23-15-19)12-16-4-6-17(22-3)7-5-16/h4-7,18H,8-15H2,1-3H3. The summed E-state index contributed by atoms with van der Waals surface area (Å²) in [6, 6.07) is 8.33. The molecule has 1 aromatic carbocycles. The van der Waals surface area contributed by atoms with E-state index in [-0.39, 0.29) is 5.60 Å². The zero-order valence-electron chi connectivity index (χ0n) is 15.2. The van der Waals surface area contributed by atoms with Crippen LogP contribution in [0.25, 0.3) is 0 Å². The number of likely N-dealkylation sites (N-methyl/N-ethyl adjacent to an activating group) is 1. The molecule has 2 unspecified atom stereocenters. The van der Waals surface area contributed by atoms with Crippen LogP contribution in [0.5, 0.6) is 5.75 Å². The first-order chi connectivity index (χ1) is 11.6. The Labute approximate surface area is 145 Å². The molecule has 1 spiro atoms. The highest BCUT2D eigenvalue weighted by atomic mass is 16.6. The minimum atomic E-state index is -0.135. The van der Waals surface area contributed by atoms with Crippen molar-refractivity contribution in [3.05, 3.63) is 29.8 Å². The molecule has 2 fully saturated rings. The van der Waals surface area contributed by atoms with Gasteiger partial charge in [0.05, 0.1) is 26.4 Å². The largest absolute Gasteiger partial charge is 0.497 e. The van der Waals surface area contributed by atoms with Gasteiger partial charge in [0.25, 0.3) is 0 Å². The first-order valence-electron chi connectivity index (χ1n) is 8.84. The second-order valence-electron chi connectivity index (χ2n) is 7.34. The fourth-order valence-electron chi connectivity index (χ4n) is 3.76. The van der Waals surface area contributed by atoms with Gasteiger partial charge in [0.15, 0.2) is 0 Å². The number of hydrogen-bond acceptors (Lipinski definition) is 5. The van der Waals surface area contributed by atoms with Crippen LogP contribution in [-0.4, -0.2) is 75.6 Å². The normalized spacial score (nSPS) is 28.4. The minimum absolute atomic E-state index is 0.135. The lowest BCUT2D eigenvalue weighted by molar-refractivity contribution is -0.0902. The molecule has 5 nitrogen and oxygen atoms in total. The molecule has 3 rings (SSSR count). The highest BCUT2D eigenvalue weighted by Crippen LogP contribution is 2.33. The molecule has 1 aromatic rings. The molecular weight excluding hydrogens is 304 g/mol. The number of hydrogen-bond donors (Lipinski definition) is 0. The summed E-state index contributed by atoms with van der Waals surface area (Å²) in [5.41, 5.74) is 1.17. The van der Waals surface area contributed by atoms with Crippen LogP contribution in [0.1, 0.15) is 18.4 Å². The Morgan fingerprint density at radius 1 is 1.29 bits per heavy atom. The van der Waals surface area contributed by atoms with Gasteiger partial charge in [-0.3, -0.25) is 4.90 Å². The van der Waals surface area contributed by atoms with Crippen molar-refractivity contribution >= 4 is 0 Å². The summed E-state index contributed by atoms with van der Waals surface area (Å²) in [6.07, 6.45) is 2.53. The van der Waals surface area contributed by atoms with E-state index in [2.05, 4.69) is 36.0 Å². The number of methoxy groups -OCH3 is 1. The summed E-state index contributed by atoms with van der Waals surface area (Å²) in [5.74, 6) is 0.903. The van der Waals surface area contributed by atoms with Crippen LogP contribution in [0.3, 0.4) is 0 Å². The van der Waals surface area contributed by atoms with Crippen molar-refractivity contribution < 1.29 is 14.2 Å². The Morgan fingerprint density at radius 2 is 2.08 bits per heavy atom. The van der Waals surface area contributed by atoms with E-state index < -0.39 is 0 Å². The molecule has 0 aliphatic carbocycles. The van der Waals surface area contributed by atoms with Crippen molar-refractivity contribution in [2.75, 3.05) is 54.1 Å². The van der Waals surface area contributed by atoms with Crippen LogP contribution in [0.4, 0.5) is 0 Å². The molecule has 2 aliphatic rings. The number of benzene rings is 1. The van der Waals surface area contributed by atoms with E-state index in [9.17, 15) is 0 Å².